The number of hydrogen-bond donors (Lipinski definition) is 1. The van der Waals surface area contributed by atoms with Crippen molar-refractivity contribution in [3.63, 3.8) is 0 Å². The Morgan fingerprint density at radius 3 is 2.73 bits per heavy atom. The molecule has 1 saturated carbocycles. The van der Waals surface area contributed by atoms with E-state index in [0.717, 1.165) is 12.0 Å². The maximum Gasteiger partial charge on any atom is 0.0252 e. The quantitative estimate of drug-likeness (QED) is 0.696. The summed E-state index contributed by atoms with van der Waals surface area (Å²) >= 11 is 0. The molecule has 0 aliphatic heterocycles. The van der Waals surface area contributed by atoms with Gasteiger partial charge < -0.3 is 5.32 Å². The summed E-state index contributed by atoms with van der Waals surface area (Å²) in [6.45, 7) is 2.35. The highest BCUT2D eigenvalue weighted by Crippen LogP contribution is 2.27. The predicted molar refractivity (Wildman–Crippen MR) is 66.0 cm³/mol. The van der Waals surface area contributed by atoms with Crippen LogP contribution in [0.1, 0.15) is 58.3 Å². The predicted octanol–water partition coefficient (Wildman–Crippen LogP) is 3.65. The highest BCUT2D eigenvalue weighted by Gasteiger charge is 2.25. The second-order valence-electron chi connectivity index (χ2n) is 5.19. The Labute approximate surface area is 94.3 Å². The molecule has 0 saturated heterocycles. The van der Waals surface area contributed by atoms with Gasteiger partial charge in [0.1, 0.15) is 0 Å². The Kier molecular flexibility index (Phi) is 4.25. The largest absolute Gasteiger partial charge is 0.307 e. The molecular weight excluding hydrogens is 182 g/mol. The van der Waals surface area contributed by atoms with E-state index < -0.39 is 0 Å². The molecule has 0 bridgehead atoms. The Morgan fingerprint density at radius 2 is 2.00 bits per heavy atom. The molecule has 0 spiro atoms. The molecule has 0 amide bonds. The fourth-order valence-electron chi connectivity index (χ4n) is 3.14. The van der Waals surface area contributed by atoms with Crippen molar-refractivity contribution >= 4 is 0 Å². The van der Waals surface area contributed by atoms with Gasteiger partial charge in [0.2, 0.25) is 0 Å². The molecule has 1 nitrogen and oxygen atoms in total. The van der Waals surface area contributed by atoms with Gasteiger partial charge in [-0.25, -0.2) is 0 Å². The normalized spacial score (nSPS) is 36.7. The van der Waals surface area contributed by atoms with E-state index in [0.29, 0.717) is 6.04 Å². The third kappa shape index (κ3) is 3.07. The zero-order valence-corrected chi connectivity index (χ0v) is 10.0. The number of allylic oxidation sites excluding steroid dienone is 1. The van der Waals surface area contributed by atoms with Crippen LogP contribution in [0.4, 0.5) is 0 Å². The van der Waals surface area contributed by atoms with Gasteiger partial charge in [-0.05, 0) is 38.0 Å². The summed E-state index contributed by atoms with van der Waals surface area (Å²) in [6.07, 6.45) is 15.9. The molecule has 1 N–H and O–H groups in total. The molecule has 2 aliphatic rings. The van der Waals surface area contributed by atoms with Crippen molar-refractivity contribution in [3.05, 3.63) is 12.2 Å². The van der Waals surface area contributed by atoms with Crippen LogP contribution in [0.15, 0.2) is 12.2 Å². The van der Waals surface area contributed by atoms with Crippen molar-refractivity contribution in [2.75, 3.05) is 0 Å². The van der Waals surface area contributed by atoms with E-state index in [9.17, 15) is 0 Å². The number of hydrogen-bond acceptors (Lipinski definition) is 1. The van der Waals surface area contributed by atoms with Gasteiger partial charge in [-0.3, -0.25) is 0 Å². The van der Waals surface area contributed by atoms with Crippen LogP contribution in [0, 0.1) is 5.92 Å². The van der Waals surface area contributed by atoms with Crippen molar-refractivity contribution in [1.29, 1.82) is 0 Å². The molecule has 1 heteroatoms. The van der Waals surface area contributed by atoms with Gasteiger partial charge in [-0.1, -0.05) is 38.3 Å². The molecule has 3 unspecified atom stereocenters. The highest BCUT2D eigenvalue weighted by atomic mass is 15.0. The van der Waals surface area contributed by atoms with Crippen LogP contribution in [-0.4, -0.2) is 12.1 Å². The van der Waals surface area contributed by atoms with E-state index >= 15 is 0 Å². The summed E-state index contributed by atoms with van der Waals surface area (Å²) < 4.78 is 0. The van der Waals surface area contributed by atoms with Crippen LogP contribution >= 0.6 is 0 Å². The van der Waals surface area contributed by atoms with E-state index in [1.807, 2.05) is 0 Å². The van der Waals surface area contributed by atoms with E-state index in [2.05, 4.69) is 24.4 Å². The van der Waals surface area contributed by atoms with Crippen LogP contribution in [-0.2, 0) is 0 Å². The average Bonchev–Trinajstić information content (AvgIpc) is 2.31. The van der Waals surface area contributed by atoms with E-state index in [1.54, 1.807) is 0 Å². The first-order chi connectivity index (χ1) is 7.40. The summed E-state index contributed by atoms with van der Waals surface area (Å²) in [5.41, 5.74) is 0. The lowest BCUT2D eigenvalue weighted by atomic mass is 9.82. The smallest absolute Gasteiger partial charge is 0.0252 e. The topological polar surface area (TPSA) is 12.0 Å². The van der Waals surface area contributed by atoms with E-state index in [4.69, 9.17) is 0 Å². The van der Waals surface area contributed by atoms with Crippen molar-refractivity contribution < 1.29 is 0 Å². The average molecular weight is 207 g/mol. The lowest BCUT2D eigenvalue weighted by Gasteiger charge is -2.34. The second-order valence-corrected chi connectivity index (χ2v) is 5.19. The molecule has 2 aliphatic carbocycles. The molecule has 3 atom stereocenters. The van der Waals surface area contributed by atoms with Crippen LogP contribution < -0.4 is 5.32 Å². The first-order valence-corrected chi connectivity index (χ1v) is 6.83. The van der Waals surface area contributed by atoms with Crippen molar-refractivity contribution in [2.24, 2.45) is 5.92 Å². The van der Waals surface area contributed by atoms with Gasteiger partial charge in [0.25, 0.3) is 0 Å². The van der Waals surface area contributed by atoms with Crippen molar-refractivity contribution in [1.82, 2.24) is 5.32 Å². The van der Waals surface area contributed by atoms with Crippen LogP contribution in [0.3, 0.4) is 0 Å². The molecule has 86 valence electrons. The minimum atomic E-state index is 0.677. The molecular formula is C14H25N. The van der Waals surface area contributed by atoms with Gasteiger partial charge in [-0.15, -0.1) is 0 Å². The standard InChI is InChI=1S/C14H25N/c1-2-12-8-6-7-11-14(12)15-13-9-4-3-5-10-13/h4,9,12-15H,2-3,5-8,10-11H2,1H3. The maximum absolute atomic E-state index is 3.87. The SMILES string of the molecule is CCC1CCCCC1NC1C=CCCC1. The summed E-state index contributed by atoms with van der Waals surface area (Å²) in [5, 5.41) is 3.87. The number of rotatable bonds is 3. The molecule has 15 heavy (non-hydrogen) atoms. The molecule has 0 aromatic carbocycles. The third-order valence-corrected chi connectivity index (χ3v) is 4.12. The van der Waals surface area contributed by atoms with Gasteiger partial charge in [-0.2, -0.15) is 0 Å². The van der Waals surface area contributed by atoms with Gasteiger partial charge in [0, 0.05) is 12.1 Å². The Balaban J connectivity index is 1.85. The summed E-state index contributed by atoms with van der Waals surface area (Å²) in [5.74, 6) is 0.939. The molecule has 0 heterocycles. The van der Waals surface area contributed by atoms with Gasteiger partial charge in [0.05, 0.1) is 0 Å². The number of nitrogens with one attached hydrogen (secondary N) is 1. The monoisotopic (exact) mass is 207 g/mol. The Hall–Kier alpha value is -0.300. The fraction of sp³-hybridized carbons (Fsp3) is 0.857. The summed E-state index contributed by atoms with van der Waals surface area (Å²) in [4.78, 5) is 0. The maximum atomic E-state index is 3.87. The molecule has 0 aromatic rings. The summed E-state index contributed by atoms with van der Waals surface area (Å²) in [7, 11) is 0. The fourth-order valence-corrected chi connectivity index (χ4v) is 3.14. The van der Waals surface area contributed by atoms with E-state index in [1.165, 1.54) is 51.4 Å². The van der Waals surface area contributed by atoms with Gasteiger partial charge in [0.15, 0.2) is 0 Å². The minimum absolute atomic E-state index is 0.677. The van der Waals surface area contributed by atoms with Crippen molar-refractivity contribution in [3.8, 4) is 0 Å². The molecule has 2 rings (SSSR count). The van der Waals surface area contributed by atoms with Crippen LogP contribution in [0.5, 0.6) is 0 Å². The lowest BCUT2D eigenvalue weighted by Crippen LogP contribution is -2.43. The zero-order chi connectivity index (χ0) is 10.5. The Bertz CT molecular complexity index is 209. The Morgan fingerprint density at radius 1 is 1.13 bits per heavy atom. The summed E-state index contributed by atoms with van der Waals surface area (Å²) in [6, 6.07) is 1.48. The molecule has 0 aromatic heterocycles. The molecule has 0 radical (unpaired) electrons. The first kappa shape index (κ1) is 11.2. The van der Waals surface area contributed by atoms with Crippen molar-refractivity contribution in [2.45, 2.75) is 70.4 Å². The molecule has 1 fully saturated rings. The van der Waals surface area contributed by atoms with Crippen LogP contribution in [0.2, 0.25) is 0 Å². The second kappa shape index (κ2) is 5.69. The van der Waals surface area contributed by atoms with E-state index in [-0.39, 0.29) is 0 Å². The zero-order valence-electron chi connectivity index (χ0n) is 10.0. The van der Waals surface area contributed by atoms with Crippen LogP contribution in [0.25, 0.3) is 0 Å². The first-order valence-electron chi connectivity index (χ1n) is 6.83. The highest BCUT2D eigenvalue weighted by molar-refractivity contribution is 4.99. The minimum Gasteiger partial charge on any atom is -0.307 e. The van der Waals surface area contributed by atoms with Gasteiger partial charge >= 0.3 is 0 Å². The third-order valence-electron chi connectivity index (χ3n) is 4.12. The lowest BCUT2D eigenvalue weighted by molar-refractivity contribution is 0.241.